The van der Waals surface area contributed by atoms with Gasteiger partial charge in [0, 0.05) is 22.4 Å². The standard InChI is InChI=1S/C6H9ClO2S/c1-6(2)4-3-5-10(7,8)9/h6H,4H2,1-2H3. The van der Waals surface area contributed by atoms with Gasteiger partial charge in [0.15, 0.2) is 0 Å². The third kappa shape index (κ3) is 7.80. The first-order chi connectivity index (χ1) is 4.42. The molecule has 0 bridgehead atoms. The van der Waals surface area contributed by atoms with E-state index in [0.717, 1.165) is 0 Å². The maximum atomic E-state index is 10.2. The van der Waals surface area contributed by atoms with Crippen LogP contribution in [0.25, 0.3) is 0 Å². The molecule has 0 aliphatic carbocycles. The van der Waals surface area contributed by atoms with Gasteiger partial charge in [0.1, 0.15) is 0 Å². The Labute approximate surface area is 66.0 Å². The highest BCUT2D eigenvalue weighted by molar-refractivity contribution is 8.17. The molecule has 58 valence electrons. The van der Waals surface area contributed by atoms with Crippen molar-refractivity contribution in [1.82, 2.24) is 0 Å². The first-order valence-corrected chi connectivity index (χ1v) is 5.17. The van der Waals surface area contributed by atoms with E-state index in [-0.39, 0.29) is 0 Å². The summed E-state index contributed by atoms with van der Waals surface area (Å²) < 4.78 is 20.4. The van der Waals surface area contributed by atoms with Gasteiger partial charge in [-0.15, -0.1) is 0 Å². The van der Waals surface area contributed by atoms with Crippen molar-refractivity contribution in [1.29, 1.82) is 0 Å². The van der Waals surface area contributed by atoms with Gasteiger partial charge in [-0.1, -0.05) is 19.8 Å². The predicted molar refractivity (Wildman–Crippen MR) is 42.0 cm³/mol. The fourth-order valence-electron chi connectivity index (χ4n) is 0.332. The lowest BCUT2D eigenvalue weighted by atomic mass is 10.1. The zero-order valence-electron chi connectivity index (χ0n) is 5.89. The van der Waals surface area contributed by atoms with Crippen LogP contribution in [0.1, 0.15) is 20.3 Å². The zero-order chi connectivity index (χ0) is 8.20. The van der Waals surface area contributed by atoms with Gasteiger partial charge >= 0.3 is 9.05 Å². The maximum absolute atomic E-state index is 10.2. The van der Waals surface area contributed by atoms with Crippen molar-refractivity contribution in [2.24, 2.45) is 5.92 Å². The molecular weight excluding hydrogens is 172 g/mol. The van der Waals surface area contributed by atoms with Crippen LogP contribution in [-0.4, -0.2) is 8.42 Å². The second-order valence-electron chi connectivity index (χ2n) is 2.31. The molecule has 0 unspecified atom stereocenters. The van der Waals surface area contributed by atoms with Gasteiger partial charge in [-0.05, 0) is 5.92 Å². The lowest BCUT2D eigenvalue weighted by molar-refractivity contribution is 0.618. The molecule has 0 rings (SSSR count). The first-order valence-electron chi connectivity index (χ1n) is 2.86. The van der Waals surface area contributed by atoms with Gasteiger partial charge in [0.05, 0.1) is 0 Å². The third-order valence-electron chi connectivity index (χ3n) is 0.704. The fourth-order valence-corrected chi connectivity index (χ4v) is 0.751. The Morgan fingerprint density at radius 2 is 2.00 bits per heavy atom. The molecule has 0 aliphatic rings. The van der Waals surface area contributed by atoms with E-state index in [2.05, 4.69) is 5.92 Å². The van der Waals surface area contributed by atoms with Gasteiger partial charge in [-0.25, -0.2) is 0 Å². The van der Waals surface area contributed by atoms with Crippen LogP contribution in [0, 0.1) is 17.1 Å². The second-order valence-corrected chi connectivity index (χ2v) is 4.61. The van der Waals surface area contributed by atoms with E-state index in [1.54, 1.807) is 0 Å². The van der Waals surface area contributed by atoms with E-state index in [1.807, 2.05) is 19.1 Å². The number of hydrogen-bond donors (Lipinski definition) is 0. The predicted octanol–water partition coefficient (Wildman–Crippen LogP) is 1.56. The first kappa shape index (κ1) is 9.80. The van der Waals surface area contributed by atoms with Crippen LogP contribution in [0.4, 0.5) is 0 Å². The topological polar surface area (TPSA) is 34.1 Å². The number of halogens is 1. The van der Waals surface area contributed by atoms with E-state index in [0.29, 0.717) is 12.3 Å². The molecule has 0 aromatic carbocycles. The summed E-state index contributed by atoms with van der Waals surface area (Å²) in [5.41, 5.74) is 0. The van der Waals surface area contributed by atoms with Crippen LogP contribution >= 0.6 is 10.7 Å². The van der Waals surface area contributed by atoms with Crippen molar-refractivity contribution in [2.45, 2.75) is 20.3 Å². The SMILES string of the molecule is CC(C)CC#CS(=O)(=O)Cl. The average Bonchev–Trinajstić information content (AvgIpc) is 1.59. The van der Waals surface area contributed by atoms with Gasteiger partial charge in [0.2, 0.25) is 0 Å². The summed E-state index contributed by atoms with van der Waals surface area (Å²) >= 11 is 0. The molecule has 0 amide bonds. The lowest BCUT2D eigenvalue weighted by Gasteiger charge is -1.91. The molecule has 0 spiro atoms. The van der Waals surface area contributed by atoms with E-state index in [1.165, 1.54) is 0 Å². The Morgan fingerprint density at radius 3 is 2.30 bits per heavy atom. The van der Waals surface area contributed by atoms with Crippen molar-refractivity contribution in [3.63, 3.8) is 0 Å². The highest BCUT2D eigenvalue weighted by atomic mass is 35.7. The molecule has 0 heterocycles. The van der Waals surface area contributed by atoms with Gasteiger partial charge < -0.3 is 0 Å². The Bertz CT molecular complexity index is 243. The van der Waals surface area contributed by atoms with Crippen LogP contribution in [0.3, 0.4) is 0 Å². The summed E-state index contributed by atoms with van der Waals surface area (Å²) in [5.74, 6) is 2.84. The van der Waals surface area contributed by atoms with E-state index in [9.17, 15) is 8.42 Å². The van der Waals surface area contributed by atoms with Crippen molar-refractivity contribution in [3.05, 3.63) is 0 Å². The largest absolute Gasteiger partial charge is 0.300 e. The van der Waals surface area contributed by atoms with Crippen LogP contribution in [0.5, 0.6) is 0 Å². The molecule has 0 saturated heterocycles. The van der Waals surface area contributed by atoms with Crippen molar-refractivity contribution >= 4 is 19.7 Å². The van der Waals surface area contributed by atoms with Gasteiger partial charge in [-0.3, -0.25) is 0 Å². The van der Waals surface area contributed by atoms with Gasteiger partial charge in [0.25, 0.3) is 0 Å². The van der Waals surface area contributed by atoms with E-state index < -0.39 is 9.05 Å². The number of rotatable bonds is 1. The normalized spacial score (nSPS) is 10.8. The maximum Gasteiger partial charge on any atom is 0.300 e. The monoisotopic (exact) mass is 180 g/mol. The highest BCUT2D eigenvalue weighted by Gasteiger charge is 1.95. The Hall–Kier alpha value is -0.200. The second kappa shape index (κ2) is 3.85. The van der Waals surface area contributed by atoms with Crippen LogP contribution < -0.4 is 0 Å². The van der Waals surface area contributed by atoms with Gasteiger partial charge in [-0.2, -0.15) is 8.42 Å². The summed E-state index contributed by atoms with van der Waals surface area (Å²) in [6.07, 6.45) is 0.561. The minimum atomic E-state index is -3.61. The molecule has 0 aromatic heterocycles. The Morgan fingerprint density at radius 1 is 1.50 bits per heavy atom. The van der Waals surface area contributed by atoms with Crippen molar-refractivity contribution < 1.29 is 8.42 Å². The van der Waals surface area contributed by atoms with E-state index in [4.69, 9.17) is 10.7 Å². The molecule has 0 aromatic rings. The summed E-state index contributed by atoms with van der Waals surface area (Å²) in [5, 5.41) is 1.94. The summed E-state index contributed by atoms with van der Waals surface area (Å²) in [6.45, 7) is 3.91. The van der Waals surface area contributed by atoms with Crippen molar-refractivity contribution in [2.75, 3.05) is 0 Å². The fraction of sp³-hybridized carbons (Fsp3) is 0.667. The zero-order valence-corrected chi connectivity index (χ0v) is 7.46. The van der Waals surface area contributed by atoms with Crippen molar-refractivity contribution in [3.8, 4) is 11.2 Å². The third-order valence-corrected chi connectivity index (χ3v) is 1.32. The molecule has 0 atom stereocenters. The molecule has 4 heteroatoms. The minimum absolute atomic E-state index is 0.380. The summed E-state index contributed by atoms with van der Waals surface area (Å²) in [6, 6.07) is 0. The van der Waals surface area contributed by atoms with Crippen LogP contribution in [0.15, 0.2) is 0 Å². The molecule has 10 heavy (non-hydrogen) atoms. The van der Waals surface area contributed by atoms with Crippen LogP contribution in [0.2, 0.25) is 0 Å². The smallest absolute Gasteiger partial charge is 0.198 e. The van der Waals surface area contributed by atoms with E-state index >= 15 is 0 Å². The summed E-state index contributed by atoms with van der Waals surface area (Å²) in [4.78, 5) is 0. The molecule has 0 fully saturated rings. The Balaban J connectivity index is 3.96. The molecule has 0 radical (unpaired) electrons. The quantitative estimate of drug-likeness (QED) is 0.454. The average molecular weight is 181 g/mol. The molecule has 0 saturated carbocycles. The molecule has 0 N–H and O–H groups in total. The minimum Gasteiger partial charge on any atom is -0.198 e. The molecule has 2 nitrogen and oxygen atoms in total. The Kier molecular flexibility index (Phi) is 3.77. The number of hydrogen-bond acceptors (Lipinski definition) is 2. The summed E-state index contributed by atoms with van der Waals surface area (Å²) in [7, 11) is 1.21. The lowest BCUT2D eigenvalue weighted by Crippen LogP contribution is -1.84. The highest BCUT2D eigenvalue weighted by Crippen LogP contribution is 1.98. The molecule has 0 aliphatic heterocycles. The van der Waals surface area contributed by atoms with Crippen LogP contribution in [-0.2, 0) is 9.05 Å². The molecular formula is C6H9ClO2S.